The number of hydrogen-bond donors (Lipinski definition) is 0. The third-order valence-electron chi connectivity index (χ3n) is 2.43. The van der Waals surface area contributed by atoms with Crippen LogP contribution >= 0.6 is 11.6 Å². The van der Waals surface area contributed by atoms with Crippen molar-refractivity contribution >= 4 is 11.6 Å². The van der Waals surface area contributed by atoms with Gasteiger partial charge in [0.25, 0.3) is 0 Å². The average molecular weight is 228 g/mol. The third-order valence-corrected chi connectivity index (χ3v) is 2.67. The number of aryl methyl sites for hydroxylation is 1. The molecule has 0 N–H and O–H groups in total. The molecule has 0 fully saturated rings. The Labute approximate surface area is 99.9 Å². The van der Waals surface area contributed by atoms with Crippen molar-refractivity contribution in [1.82, 2.24) is 0 Å². The van der Waals surface area contributed by atoms with E-state index in [4.69, 9.17) is 16.9 Å². The van der Waals surface area contributed by atoms with Crippen molar-refractivity contribution in [3.63, 3.8) is 0 Å². The van der Waals surface area contributed by atoms with Gasteiger partial charge in [-0.3, -0.25) is 0 Å². The fraction of sp³-hybridized carbons (Fsp3) is 0.0714. The molecular weight excluding hydrogens is 218 g/mol. The first kappa shape index (κ1) is 10.7. The Morgan fingerprint density at radius 1 is 1.12 bits per heavy atom. The Kier molecular flexibility index (Phi) is 2.94. The summed E-state index contributed by atoms with van der Waals surface area (Å²) in [7, 11) is 0. The number of nitrogens with zero attached hydrogens (tertiary/aromatic N) is 1. The lowest BCUT2D eigenvalue weighted by molar-refractivity contribution is 1.42. The Bertz CT molecular complexity index is 567. The number of nitriles is 1. The lowest BCUT2D eigenvalue weighted by Crippen LogP contribution is -1.85. The summed E-state index contributed by atoms with van der Waals surface area (Å²) < 4.78 is 0. The largest absolute Gasteiger partial charge is 0.192 e. The summed E-state index contributed by atoms with van der Waals surface area (Å²) in [5.41, 5.74) is 3.67. The maximum Gasteiger partial charge on any atom is 0.0998 e. The second-order valence-electron chi connectivity index (χ2n) is 3.67. The molecule has 0 heterocycles. The Hall–Kier alpha value is -1.78. The first-order valence-corrected chi connectivity index (χ1v) is 5.35. The second kappa shape index (κ2) is 4.38. The van der Waals surface area contributed by atoms with E-state index in [2.05, 4.69) is 6.07 Å². The predicted octanol–water partition coefficient (Wildman–Crippen LogP) is 4.19. The van der Waals surface area contributed by atoms with Crippen LogP contribution < -0.4 is 0 Å². The average Bonchev–Trinajstić information content (AvgIpc) is 2.28. The SMILES string of the molecule is Cc1ccc(-c2cccc(Cl)c2)c(C#N)c1. The molecule has 0 amide bonds. The van der Waals surface area contributed by atoms with Gasteiger partial charge in [0.15, 0.2) is 0 Å². The predicted molar refractivity (Wildman–Crippen MR) is 66.3 cm³/mol. The van der Waals surface area contributed by atoms with Gasteiger partial charge in [-0.25, -0.2) is 0 Å². The van der Waals surface area contributed by atoms with Gasteiger partial charge in [-0.2, -0.15) is 5.26 Å². The van der Waals surface area contributed by atoms with E-state index >= 15 is 0 Å². The number of hydrogen-bond acceptors (Lipinski definition) is 1. The Morgan fingerprint density at radius 3 is 2.62 bits per heavy atom. The van der Waals surface area contributed by atoms with Gasteiger partial charge in [0, 0.05) is 5.02 Å². The van der Waals surface area contributed by atoms with Crippen molar-refractivity contribution in [3.8, 4) is 17.2 Å². The quantitative estimate of drug-likeness (QED) is 0.717. The first-order chi connectivity index (χ1) is 7.70. The summed E-state index contributed by atoms with van der Waals surface area (Å²) in [6.07, 6.45) is 0. The third kappa shape index (κ3) is 2.08. The number of benzene rings is 2. The molecule has 0 radical (unpaired) electrons. The molecule has 2 aromatic rings. The van der Waals surface area contributed by atoms with Gasteiger partial charge in [0.1, 0.15) is 0 Å². The van der Waals surface area contributed by atoms with E-state index in [0.29, 0.717) is 10.6 Å². The van der Waals surface area contributed by atoms with Gasteiger partial charge in [-0.05, 0) is 41.8 Å². The fourth-order valence-electron chi connectivity index (χ4n) is 1.66. The summed E-state index contributed by atoms with van der Waals surface area (Å²) in [6.45, 7) is 1.97. The zero-order valence-electron chi connectivity index (χ0n) is 8.87. The molecule has 0 unspecified atom stereocenters. The van der Waals surface area contributed by atoms with Gasteiger partial charge in [-0.15, -0.1) is 0 Å². The van der Waals surface area contributed by atoms with Crippen LogP contribution in [0, 0.1) is 18.3 Å². The van der Waals surface area contributed by atoms with Gasteiger partial charge >= 0.3 is 0 Å². The summed E-state index contributed by atoms with van der Waals surface area (Å²) in [5.74, 6) is 0. The molecule has 16 heavy (non-hydrogen) atoms. The van der Waals surface area contributed by atoms with Crippen molar-refractivity contribution in [3.05, 3.63) is 58.6 Å². The zero-order valence-corrected chi connectivity index (χ0v) is 9.62. The maximum atomic E-state index is 9.09. The van der Waals surface area contributed by atoms with Crippen molar-refractivity contribution in [2.24, 2.45) is 0 Å². The lowest BCUT2D eigenvalue weighted by atomic mass is 9.99. The number of rotatable bonds is 1. The van der Waals surface area contributed by atoms with E-state index in [1.165, 1.54) is 0 Å². The molecule has 0 aromatic heterocycles. The van der Waals surface area contributed by atoms with E-state index in [1.54, 1.807) is 0 Å². The molecule has 0 atom stereocenters. The summed E-state index contributed by atoms with van der Waals surface area (Å²) in [6, 6.07) is 15.6. The van der Waals surface area contributed by atoms with E-state index in [0.717, 1.165) is 16.7 Å². The second-order valence-corrected chi connectivity index (χ2v) is 4.11. The van der Waals surface area contributed by atoms with Crippen LogP contribution in [0.25, 0.3) is 11.1 Å². The molecule has 2 aromatic carbocycles. The van der Waals surface area contributed by atoms with E-state index in [9.17, 15) is 0 Å². The Morgan fingerprint density at radius 2 is 1.94 bits per heavy atom. The van der Waals surface area contributed by atoms with Gasteiger partial charge in [0.2, 0.25) is 0 Å². The van der Waals surface area contributed by atoms with Crippen LogP contribution in [0.2, 0.25) is 5.02 Å². The highest BCUT2D eigenvalue weighted by Gasteiger charge is 2.05. The zero-order chi connectivity index (χ0) is 11.5. The minimum atomic E-state index is 0.682. The molecule has 0 saturated heterocycles. The fourth-order valence-corrected chi connectivity index (χ4v) is 1.85. The van der Waals surface area contributed by atoms with Crippen molar-refractivity contribution < 1.29 is 0 Å². The topological polar surface area (TPSA) is 23.8 Å². The van der Waals surface area contributed by atoms with Crippen LogP contribution in [0.15, 0.2) is 42.5 Å². The maximum absolute atomic E-state index is 9.09. The van der Waals surface area contributed by atoms with Gasteiger partial charge in [-0.1, -0.05) is 35.9 Å². The molecule has 1 nitrogen and oxygen atoms in total. The lowest BCUT2D eigenvalue weighted by Gasteiger charge is -2.05. The molecule has 78 valence electrons. The van der Waals surface area contributed by atoms with Gasteiger partial charge in [0.05, 0.1) is 11.6 Å². The van der Waals surface area contributed by atoms with E-state index in [-0.39, 0.29) is 0 Å². The van der Waals surface area contributed by atoms with Crippen LogP contribution in [0.1, 0.15) is 11.1 Å². The summed E-state index contributed by atoms with van der Waals surface area (Å²) in [4.78, 5) is 0. The summed E-state index contributed by atoms with van der Waals surface area (Å²) in [5, 5.41) is 9.77. The van der Waals surface area contributed by atoms with Gasteiger partial charge < -0.3 is 0 Å². The monoisotopic (exact) mass is 227 g/mol. The highest BCUT2D eigenvalue weighted by atomic mass is 35.5. The molecule has 0 aliphatic rings. The normalized spacial score (nSPS) is 9.81. The van der Waals surface area contributed by atoms with Crippen molar-refractivity contribution in [1.29, 1.82) is 5.26 Å². The van der Waals surface area contributed by atoms with Crippen LogP contribution in [-0.2, 0) is 0 Å². The van der Waals surface area contributed by atoms with E-state index in [1.807, 2.05) is 49.4 Å². The smallest absolute Gasteiger partial charge is 0.0998 e. The molecule has 0 aliphatic heterocycles. The first-order valence-electron chi connectivity index (χ1n) is 4.97. The summed E-state index contributed by atoms with van der Waals surface area (Å²) >= 11 is 5.94. The van der Waals surface area contributed by atoms with Crippen molar-refractivity contribution in [2.75, 3.05) is 0 Å². The van der Waals surface area contributed by atoms with Crippen LogP contribution in [0.3, 0.4) is 0 Å². The minimum absolute atomic E-state index is 0.682. The van der Waals surface area contributed by atoms with Crippen LogP contribution in [-0.4, -0.2) is 0 Å². The molecule has 0 aliphatic carbocycles. The standard InChI is InChI=1S/C14H10ClN/c1-10-5-6-14(12(7-10)9-16)11-3-2-4-13(15)8-11/h2-8H,1H3. The molecule has 0 bridgehead atoms. The molecule has 2 heteroatoms. The Balaban J connectivity index is 2.61. The highest BCUT2D eigenvalue weighted by Crippen LogP contribution is 2.26. The molecule has 0 spiro atoms. The van der Waals surface area contributed by atoms with Crippen LogP contribution in [0.5, 0.6) is 0 Å². The highest BCUT2D eigenvalue weighted by molar-refractivity contribution is 6.30. The molecular formula is C14H10ClN. The molecule has 0 saturated carbocycles. The van der Waals surface area contributed by atoms with Crippen LogP contribution in [0.4, 0.5) is 0 Å². The van der Waals surface area contributed by atoms with E-state index < -0.39 is 0 Å². The molecule has 2 rings (SSSR count). The number of halogens is 1. The minimum Gasteiger partial charge on any atom is -0.192 e. The van der Waals surface area contributed by atoms with Crippen molar-refractivity contribution in [2.45, 2.75) is 6.92 Å².